The summed E-state index contributed by atoms with van der Waals surface area (Å²) in [6, 6.07) is 0. The molecule has 0 saturated carbocycles. The molecule has 4 nitrogen and oxygen atoms in total. The van der Waals surface area contributed by atoms with Gasteiger partial charge in [0, 0.05) is 19.5 Å². The first-order valence-corrected chi connectivity index (χ1v) is 5.34. The fourth-order valence-corrected chi connectivity index (χ4v) is 1.60. The lowest BCUT2D eigenvalue weighted by Gasteiger charge is -2.22. The minimum absolute atomic E-state index is 0.0345. The number of carbonyl (C=O) groups is 2. The van der Waals surface area contributed by atoms with Gasteiger partial charge in [0.1, 0.15) is 0 Å². The molecule has 0 aromatic carbocycles. The van der Waals surface area contributed by atoms with Crippen molar-refractivity contribution in [2.45, 2.75) is 32.1 Å². The Hall–Kier alpha value is -1.32. The number of carboxylic acids is 1. The van der Waals surface area contributed by atoms with Gasteiger partial charge in [-0.25, -0.2) is 0 Å². The Morgan fingerprint density at radius 2 is 1.87 bits per heavy atom. The van der Waals surface area contributed by atoms with Crippen molar-refractivity contribution < 1.29 is 14.7 Å². The number of allylic oxidation sites excluding steroid dienone is 1. The third-order valence-corrected chi connectivity index (χ3v) is 2.44. The number of aliphatic carboxylic acids is 1. The van der Waals surface area contributed by atoms with Crippen LogP contribution in [0, 0.1) is 0 Å². The molecule has 0 unspecified atom stereocenters. The van der Waals surface area contributed by atoms with E-state index in [0.29, 0.717) is 0 Å². The Bertz CT molecular complexity index is 261. The fraction of sp³-hybridized carbons (Fsp3) is 0.636. The summed E-state index contributed by atoms with van der Waals surface area (Å²) in [6.07, 6.45) is 7.12. The Morgan fingerprint density at radius 3 is 2.60 bits per heavy atom. The first kappa shape index (κ1) is 11.8. The van der Waals surface area contributed by atoms with E-state index in [1.165, 1.54) is 0 Å². The zero-order chi connectivity index (χ0) is 11.1. The highest BCUT2D eigenvalue weighted by Gasteiger charge is 2.14. The van der Waals surface area contributed by atoms with Crippen molar-refractivity contribution in [1.29, 1.82) is 0 Å². The average Bonchev–Trinajstić information content (AvgIpc) is 2.13. The second-order valence-corrected chi connectivity index (χ2v) is 3.68. The normalized spacial score (nSPS) is 16.9. The number of carbonyl (C=O) groups excluding carboxylic acids is 1. The molecule has 1 heterocycles. The van der Waals surface area contributed by atoms with E-state index < -0.39 is 5.97 Å². The van der Waals surface area contributed by atoms with Gasteiger partial charge in [-0.05, 0) is 19.3 Å². The Labute approximate surface area is 89.6 Å². The van der Waals surface area contributed by atoms with Crippen molar-refractivity contribution in [3.63, 3.8) is 0 Å². The summed E-state index contributed by atoms with van der Waals surface area (Å²) in [5, 5.41) is 8.48. The van der Waals surface area contributed by atoms with Crippen molar-refractivity contribution in [2.75, 3.05) is 13.1 Å². The van der Waals surface area contributed by atoms with Crippen LogP contribution >= 0.6 is 0 Å². The molecule has 4 heteroatoms. The van der Waals surface area contributed by atoms with Crippen LogP contribution in [0.3, 0.4) is 0 Å². The lowest BCUT2D eigenvalue weighted by atomic mass is 10.2. The van der Waals surface area contributed by atoms with Gasteiger partial charge in [0.2, 0.25) is 5.91 Å². The van der Waals surface area contributed by atoms with Crippen LogP contribution in [0.15, 0.2) is 12.2 Å². The lowest BCUT2D eigenvalue weighted by molar-refractivity contribution is -0.140. The highest BCUT2D eigenvalue weighted by atomic mass is 16.4. The van der Waals surface area contributed by atoms with Crippen LogP contribution in [-0.2, 0) is 9.59 Å². The molecule has 1 N–H and O–H groups in total. The largest absolute Gasteiger partial charge is 0.481 e. The Morgan fingerprint density at radius 1 is 1.13 bits per heavy atom. The average molecular weight is 211 g/mol. The summed E-state index contributed by atoms with van der Waals surface area (Å²) >= 11 is 0. The zero-order valence-electron chi connectivity index (χ0n) is 8.82. The molecule has 0 aromatic heterocycles. The number of amides is 1. The Balaban J connectivity index is 2.36. The van der Waals surface area contributed by atoms with Crippen molar-refractivity contribution in [1.82, 2.24) is 4.90 Å². The van der Waals surface area contributed by atoms with Crippen molar-refractivity contribution in [3.05, 3.63) is 12.2 Å². The van der Waals surface area contributed by atoms with Crippen molar-refractivity contribution in [3.8, 4) is 0 Å². The molecule has 0 aromatic rings. The number of nitrogens with zero attached hydrogens (tertiary/aromatic N) is 1. The van der Waals surface area contributed by atoms with Crippen LogP contribution in [0.25, 0.3) is 0 Å². The van der Waals surface area contributed by atoms with Gasteiger partial charge >= 0.3 is 5.97 Å². The van der Waals surface area contributed by atoms with E-state index in [0.717, 1.165) is 32.4 Å². The van der Waals surface area contributed by atoms with Crippen LogP contribution in [0.4, 0.5) is 0 Å². The van der Waals surface area contributed by atoms with Gasteiger partial charge in [0.15, 0.2) is 0 Å². The molecular formula is C11H17NO3. The van der Waals surface area contributed by atoms with Gasteiger partial charge in [-0.2, -0.15) is 0 Å². The summed E-state index contributed by atoms with van der Waals surface area (Å²) in [4.78, 5) is 23.7. The SMILES string of the molecule is O=C(O)CCC(=O)N1CCC=CCCC1. The van der Waals surface area contributed by atoms with Crippen LogP contribution in [0.1, 0.15) is 32.1 Å². The molecule has 0 saturated heterocycles. The van der Waals surface area contributed by atoms with Crippen LogP contribution < -0.4 is 0 Å². The second kappa shape index (κ2) is 6.22. The summed E-state index contributed by atoms with van der Waals surface area (Å²) in [7, 11) is 0. The smallest absolute Gasteiger partial charge is 0.303 e. The van der Waals surface area contributed by atoms with E-state index in [9.17, 15) is 9.59 Å². The van der Waals surface area contributed by atoms with Crippen LogP contribution in [0.2, 0.25) is 0 Å². The predicted octanol–water partition coefficient (Wildman–Crippen LogP) is 1.42. The molecule has 0 radical (unpaired) electrons. The molecule has 1 rings (SSSR count). The molecule has 84 valence electrons. The van der Waals surface area contributed by atoms with E-state index in [4.69, 9.17) is 5.11 Å². The van der Waals surface area contributed by atoms with Gasteiger partial charge in [0.25, 0.3) is 0 Å². The van der Waals surface area contributed by atoms with E-state index in [1.54, 1.807) is 4.90 Å². The number of hydrogen-bond donors (Lipinski definition) is 1. The number of rotatable bonds is 3. The van der Waals surface area contributed by atoms with Crippen molar-refractivity contribution in [2.24, 2.45) is 0 Å². The van der Waals surface area contributed by atoms with E-state index >= 15 is 0 Å². The first-order chi connectivity index (χ1) is 7.20. The topological polar surface area (TPSA) is 57.6 Å². The maximum atomic E-state index is 11.6. The lowest BCUT2D eigenvalue weighted by Crippen LogP contribution is -2.33. The summed E-state index contributed by atoms with van der Waals surface area (Å²) in [5.41, 5.74) is 0. The third kappa shape index (κ3) is 4.63. The van der Waals surface area contributed by atoms with Crippen LogP contribution in [0.5, 0.6) is 0 Å². The first-order valence-electron chi connectivity index (χ1n) is 5.34. The molecule has 0 atom stereocenters. The molecule has 1 amide bonds. The van der Waals surface area contributed by atoms with E-state index in [1.807, 2.05) is 0 Å². The highest BCUT2D eigenvalue weighted by molar-refractivity contribution is 5.80. The molecule has 0 aliphatic carbocycles. The van der Waals surface area contributed by atoms with E-state index in [2.05, 4.69) is 12.2 Å². The summed E-state index contributed by atoms with van der Waals surface area (Å²) in [6.45, 7) is 1.47. The molecule has 0 spiro atoms. The van der Waals surface area contributed by atoms with Gasteiger partial charge < -0.3 is 10.0 Å². The molecule has 15 heavy (non-hydrogen) atoms. The van der Waals surface area contributed by atoms with Gasteiger partial charge in [-0.3, -0.25) is 9.59 Å². The van der Waals surface area contributed by atoms with Gasteiger partial charge in [0.05, 0.1) is 6.42 Å². The van der Waals surface area contributed by atoms with E-state index in [-0.39, 0.29) is 18.7 Å². The van der Waals surface area contributed by atoms with Crippen LogP contribution in [-0.4, -0.2) is 35.0 Å². The third-order valence-electron chi connectivity index (χ3n) is 2.44. The maximum absolute atomic E-state index is 11.6. The molecule has 0 bridgehead atoms. The fourth-order valence-electron chi connectivity index (χ4n) is 1.60. The highest BCUT2D eigenvalue weighted by Crippen LogP contribution is 2.06. The zero-order valence-corrected chi connectivity index (χ0v) is 8.82. The molecule has 1 aliphatic heterocycles. The van der Waals surface area contributed by atoms with Crippen molar-refractivity contribution >= 4 is 11.9 Å². The molecule has 0 fully saturated rings. The molecular weight excluding hydrogens is 194 g/mol. The number of carboxylic acid groups (broad SMARTS) is 1. The summed E-state index contributed by atoms with van der Waals surface area (Å²) in [5.74, 6) is -0.942. The monoisotopic (exact) mass is 211 g/mol. The maximum Gasteiger partial charge on any atom is 0.303 e. The molecule has 1 aliphatic rings. The Kier molecular flexibility index (Phi) is 4.87. The summed E-state index contributed by atoms with van der Waals surface area (Å²) < 4.78 is 0. The van der Waals surface area contributed by atoms with Gasteiger partial charge in [-0.15, -0.1) is 0 Å². The van der Waals surface area contributed by atoms with Gasteiger partial charge in [-0.1, -0.05) is 12.2 Å². The standard InChI is InChI=1S/C11H17NO3/c13-10(6-7-11(14)15)12-8-4-2-1-3-5-9-12/h1-2H,3-9H2,(H,14,15). The quantitative estimate of drug-likeness (QED) is 0.718. The minimum Gasteiger partial charge on any atom is -0.481 e. The predicted molar refractivity (Wildman–Crippen MR) is 56.4 cm³/mol. The minimum atomic E-state index is -0.907. The number of hydrogen-bond acceptors (Lipinski definition) is 2. The second-order valence-electron chi connectivity index (χ2n) is 3.68.